The Balaban J connectivity index is 0.00000220. The van der Waals surface area contributed by atoms with E-state index in [1.807, 2.05) is 12.1 Å². The maximum Gasteiger partial charge on any atom is 0.0971 e. The summed E-state index contributed by atoms with van der Waals surface area (Å²) in [7, 11) is 0. The molecule has 1 atom stereocenters. The fraction of sp³-hybridized carbons (Fsp3) is 0.529. The lowest BCUT2D eigenvalue weighted by Crippen LogP contribution is -3.00. The van der Waals surface area contributed by atoms with E-state index in [-0.39, 0.29) is 17.0 Å². The molecule has 1 aromatic carbocycles. The van der Waals surface area contributed by atoms with Crippen LogP contribution in [-0.4, -0.2) is 30.7 Å². The van der Waals surface area contributed by atoms with E-state index in [4.69, 9.17) is 23.2 Å². The van der Waals surface area contributed by atoms with Crippen LogP contribution in [0, 0.1) is 5.92 Å². The smallest absolute Gasteiger partial charge is 0.0971 e. The molecule has 1 aliphatic rings. The van der Waals surface area contributed by atoms with Gasteiger partial charge in [-0.25, -0.2) is 0 Å². The lowest BCUT2D eigenvalue weighted by Gasteiger charge is -2.35. The van der Waals surface area contributed by atoms with Crippen molar-refractivity contribution in [2.75, 3.05) is 26.2 Å². The molecule has 1 aliphatic heterocycles. The summed E-state index contributed by atoms with van der Waals surface area (Å²) in [6, 6.07) is 5.83. The number of hydrogen-bond acceptors (Lipinski definition) is 0. The van der Waals surface area contributed by atoms with Crippen molar-refractivity contribution in [3.8, 4) is 0 Å². The van der Waals surface area contributed by atoms with Gasteiger partial charge in [-0.15, -0.1) is 0 Å². The Labute approximate surface area is 149 Å². The Hall–Kier alpha value is -0.0200. The Kier molecular flexibility index (Phi) is 7.77. The molecule has 0 amide bonds. The first-order valence-electron chi connectivity index (χ1n) is 7.44. The number of hydrogen-bond donors (Lipinski definition) is 0. The second kappa shape index (κ2) is 8.57. The van der Waals surface area contributed by atoms with Crippen LogP contribution in [0.2, 0.25) is 10.0 Å². The second-order valence-electron chi connectivity index (χ2n) is 6.19. The molecule has 4 heteroatoms. The number of rotatable bonds is 6. The van der Waals surface area contributed by atoms with E-state index in [2.05, 4.69) is 25.6 Å². The SMILES string of the molecule is C=CC[N+]1(CC(C)Cc2ccc(Cl)cc2Cl)CCCC1.[Br-]. The number of halogens is 3. The van der Waals surface area contributed by atoms with Gasteiger partial charge in [-0.05, 0) is 30.2 Å². The van der Waals surface area contributed by atoms with E-state index in [0.717, 1.165) is 18.0 Å². The van der Waals surface area contributed by atoms with Crippen LogP contribution in [-0.2, 0) is 6.42 Å². The van der Waals surface area contributed by atoms with Gasteiger partial charge in [-0.2, -0.15) is 0 Å². The van der Waals surface area contributed by atoms with Gasteiger partial charge in [0.15, 0.2) is 0 Å². The molecule has 0 spiro atoms. The lowest BCUT2D eigenvalue weighted by atomic mass is 9.99. The minimum atomic E-state index is 0. The molecule has 2 rings (SSSR count). The Bertz CT molecular complexity index is 470. The van der Waals surface area contributed by atoms with Gasteiger partial charge in [0, 0.05) is 28.8 Å². The number of nitrogens with zero attached hydrogens (tertiary/aromatic N) is 1. The molecule has 21 heavy (non-hydrogen) atoms. The zero-order valence-electron chi connectivity index (χ0n) is 12.6. The molecule has 1 unspecified atom stereocenters. The Morgan fingerprint density at radius 1 is 1.29 bits per heavy atom. The highest BCUT2D eigenvalue weighted by Gasteiger charge is 2.32. The third-order valence-electron chi connectivity index (χ3n) is 4.31. The summed E-state index contributed by atoms with van der Waals surface area (Å²) in [5.41, 5.74) is 1.21. The van der Waals surface area contributed by atoms with Crippen LogP contribution >= 0.6 is 23.2 Å². The second-order valence-corrected chi connectivity index (χ2v) is 7.04. The van der Waals surface area contributed by atoms with Gasteiger partial charge < -0.3 is 21.5 Å². The minimum Gasteiger partial charge on any atom is -1.00 e. The van der Waals surface area contributed by atoms with Gasteiger partial charge in [0.2, 0.25) is 0 Å². The van der Waals surface area contributed by atoms with Crippen molar-refractivity contribution < 1.29 is 21.5 Å². The average Bonchev–Trinajstić information content (AvgIpc) is 2.81. The van der Waals surface area contributed by atoms with Crippen LogP contribution in [0.3, 0.4) is 0 Å². The largest absolute Gasteiger partial charge is 1.00 e. The molecule has 118 valence electrons. The first-order chi connectivity index (χ1) is 9.54. The Morgan fingerprint density at radius 2 is 1.95 bits per heavy atom. The normalized spacial score (nSPS) is 18.0. The maximum absolute atomic E-state index is 6.28. The molecule has 1 aromatic rings. The third kappa shape index (κ3) is 5.28. The highest BCUT2D eigenvalue weighted by atomic mass is 79.9. The molecule has 0 aromatic heterocycles. The third-order valence-corrected chi connectivity index (χ3v) is 4.90. The van der Waals surface area contributed by atoms with Gasteiger partial charge >= 0.3 is 0 Å². The molecule has 1 saturated heterocycles. The molecule has 1 fully saturated rings. The van der Waals surface area contributed by atoms with E-state index in [0.29, 0.717) is 10.9 Å². The van der Waals surface area contributed by atoms with Crippen LogP contribution in [0.1, 0.15) is 25.3 Å². The van der Waals surface area contributed by atoms with E-state index >= 15 is 0 Å². The summed E-state index contributed by atoms with van der Waals surface area (Å²) in [5.74, 6) is 0.617. The van der Waals surface area contributed by atoms with Crippen molar-refractivity contribution >= 4 is 23.2 Å². The van der Waals surface area contributed by atoms with E-state index in [1.54, 1.807) is 0 Å². The van der Waals surface area contributed by atoms with E-state index in [1.165, 1.54) is 42.5 Å². The molecule has 0 bridgehead atoms. The first kappa shape index (κ1) is 19.0. The summed E-state index contributed by atoms with van der Waals surface area (Å²) in [6.45, 7) is 11.2. The van der Waals surface area contributed by atoms with Crippen molar-refractivity contribution in [3.63, 3.8) is 0 Å². The van der Waals surface area contributed by atoms with Crippen LogP contribution < -0.4 is 17.0 Å². The predicted octanol–water partition coefficient (Wildman–Crippen LogP) is 1.97. The van der Waals surface area contributed by atoms with Crippen molar-refractivity contribution in [2.45, 2.75) is 26.2 Å². The predicted molar refractivity (Wildman–Crippen MR) is 88.5 cm³/mol. The minimum absolute atomic E-state index is 0. The summed E-state index contributed by atoms with van der Waals surface area (Å²) in [4.78, 5) is 0. The summed E-state index contributed by atoms with van der Waals surface area (Å²) in [5, 5.41) is 1.50. The maximum atomic E-state index is 6.28. The standard InChI is InChI=1S/C17H24Cl2N.BrH/c1-3-8-20(9-4-5-10-20)13-14(2)11-15-6-7-16(18)12-17(15)19;/h3,6-7,12,14H,1,4-5,8-11,13H2,2H3;1H/q+1;/p-1. The molecule has 0 N–H and O–H groups in total. The van der Waals surface area contributed by atoms with Crippen molar-refractivity contribution in [2.24, 2.45) is 5.92 Å². The molecule has 1 heterocycles. The van der Waals surface area contributed by atoms with E-state index < -0.39 is 0 Å². The topological polar surface area (TPSA) is 0 Å². The van der Waals surface area contributed by atoms with Gasteiger partial charge in [0.25, 0.3) is 0 Å². The van der Waals surface area contributed by atoms with Crippen molar-refractivity contribution in [1.82, 2.24) is 0 Å². The Morgan fingerprint density at radius 3 is 2.52 bits per heavy atom. The van der Waals surface area contributed by atoms with E-state index in [9.17, 15) is 0 Å². The molecule has 1 nitrogen and oxygen atoms in total. The zero-order chi connectivity index (χ0) is 14.6. The van der Waals surface area contributed by atoms with Gasteiger partial charge in [-0.3, -0.25) is 0 Å². The quantitative estimate of drug-likeness (QED) is 0.512. The fourth-order valence-electron chi connectivity index (χ4n) is 3.51. The van der Waals surface area contributed by atoms with Crippen LogP contribution in [0.15, 0.2) is 30.9 Å². The summed E-state index contributed by atoms with van der Waals surface area (Å²) < 4.78 is 1.20. The molecular weight excluding hydrogens is 369 g/mol. The molecule has 0 saturated carbocycles. The summed E-state index contributed by atoms with van der Waals surface area (Å²) in [6.07, 6.45) is 5.80. The molecular formula is C17H24BrCl2N. The molecule has 0 aliphatic carbocycles. The van der Waals surface area contributed by atoms with Gasteiger partial charge in [-0.1, -0.05) is 42.8 Å². The monoisotopic (exact) mass is 391 g/mol. The highest BCUT2D eigenvalue weighted by molar-refractivity contribution is 6.35. The number of likely N-dealkylation sites (tertiary alicyclic amines) is 1. The van der Waals surface area contributed by atoms with Crippen molar-refractivity contribution in [1.29, 1.82) is 0 Å². The zero-order valence-corrected chi connectivity index (χ0v) is 15.7. The number of benzene rings is 1. The van der Waals surface area contributed by atoms with Gasteiger partial charge in [0.05, 0.1) is 26.2 Å². The average molecular weight is 393 g/mol. The highest BCUT2D eigenvalue weighted by Crippen LogP contribution is 2.26. The number of quaternary nitrogens is 1. The first-order valence-corrected chi connectivity index (χ1v) is 8.20. The van der Waals surface area contributed by atoms with Crippen LogP contribution in [0.4, 0.5) is 0 Å². The van der Waals surface area contributed by atoms with Crippen LogP contribution in [0.5, 0.6) is 0 Å². The lowest BCUT2D eigenvalue weighted by molar-refractivity contribution is -0.914. The van der Waals surface area contributed by atoms with Crippen molar-refractivity contribution in [3.05, 3.63) is 46.5 Å². The van der Waals surface area contributed by atoms with Gasteiger partial charge in [0.1, 0.15) is 0 Å². The van der Waals surface area contributed by atoms with Crippen LogP contribution in [0.25, 0.3) is 0 Å². The fourth-order valence-corrected chi connectivity index (χ4v) is 3.99. The molecule has 0 radical (unpaired) electrons. The summed E-state index contributed by atoms with van der Waals surface area (Å²) >= 11 is 12.2.